The van der Waals surface area contributed by atoms with Gasteiger partial charge in [-0.25, -0.2) is 0 Å². The first-order valence-electron chi connectivity index (χ1n) is 9.75. The summed E-state index contributed by atoms with van der Waals surface area (Å²) in [6, 6.07) is 4.01. The van der Waals surface area contributed by atoms with Gasteiger partial charge in [-0.3, -0.25) is 9.69 Å². The second-order valence-electron chi connectivity index (χ2n) is 7.65. The van der Waals surface area contributed by atoms with E-state index >= 15 is 0 Å². The Morgan fingerprint density at radius 1 is 1.00 bits per heavy atom. The van der Waals surface area contributed by atoms with Gasteiger partial charge >= 0.3 is 0 Å². The van der Waals surface area contributed by atoms with Crippen LogP contribution in [0.25, 0.3) is 5.65 Å². The van der Waals surface area contributed by atoms with Crippen molar-refractivity contribution in [3.05, 3.63) is 18.0 Å². The zero-order valence-corrected chi connectivity index (χ0v) is 15.0. The lowest BCUT2D eigenvalue weighted by Gasteiger charge is -2.36. The lowest BCUT2D eigenvalue weighted by atomic mass is 10.3. The normalized spacial score (nSPS) is 21.7. The van der Waals surface area contributed by atoms with Crippen molar-refractivity contribution in [2.24, 2.45) is 0 Å². The fourth-order valence-corrected chi connectivity index (χ4v) is 3.98. The van der Waals surface area contributed by atoms with E-state index in [0.29, 0.717) is 12.5 Å². The van der Waals surface area contributed by atoms with Gasteiger partial charge in [-0.05, 0) is 50.9 Å². The molecule has 0 radical (unpaired) electrons. The van der Waals surface area contributed by atoms with E-state index in [1.807, 2.05) is 21.5 Å². The molecule has 2 aromatic rings. The molecule has 0 spiro atoms. The van der Waals surface area contributed by atoms with Crippen LogP contribution in [0.2, 0.25) is 0 Å². The van der Waals surface area contributed by atoms with Gasteiger partial charge in [-0.2, -0.15) is 4.52 Å². The Bertz CT molecular complexity index is 801. The average Bonchev–Trinajstić information content (AvgIpc) is 3.22. The van der Waals surface area contributed by atoms with Crippen LogP contribution in [0.3, 0.4) is 0 Å². The number of hydrogen-bond donors (Lipinski definition) is 0. The minimum atomic E-state index is 0.268. The number of likely N-dealkylation sites (tertiary alicyclic amines) is 1. The smallest absolute Gasteiger partial charge is 0.236 e. The third-order valence-corrected chi connectivity index (χ3v) is 5.73. The van der Waals surface area contributed by atoms with E-state index in [2.05, 4.69) is 20.0 Å². The van der Waals surface area contributed by atoms with Gasteiger partial charge in [0.25, 0.3) is 0 Å². The van der Waals surface area contributed by atoms with Gasteiger partial charge < -0.3 is 9.80 Å². The molecule has 26 heavy (non-hydrogen) atoms. The molecule has 0 bridgehead atoms. The Labute approximate surface area is 152 Å². The lowest BCUT2D eigenvalue weighted by Crippen LogP contribution is -2.51. The van der Waals surface area contributed by atoms with Crippen LogP contribution in [0.15, 0.2) is 12.1 Å². The molecule has 3 fully saturated rings. The molecule has 2 saturated heterocycles. The van der Waals surface area contributed by atoms with E-state index in [1.165, 1.54) is 25.7 Å². The molecule has 0 unspecified atom stereocenters. The molecule has 0 aromatic carbocycles. The first-order chi connectivity index (χ1) is 12.8. The third kappa shape index (κ3) is 3.02. The Balaban J connectivity index is 1.24. The van der Waals surface area contributed by atoms with Gasteiger partial charge in [-0.1, -0.05) is 0 Å². The summed E-state index contributed by atoms with van der Waals surface area (Å²) in [7, 11) is 0. The van der Waals surface area contributed by atoms with Crippen LogP contribution in [0.1, 0.15) is 37.4 Å². The first kappa shape index (κ1) is 16.0. The molecule has 2 aromatic heterocycles. The lowest BCUT2D eigenvalue weighted by molar-refractivity contribution is -0.132. The number of amides is 1. The van der Waals surface area contributed by atoms with E-state index in [9.17, 15) is 4.79 Å². The third-order valence-electron chi connectivity index (χ3n) is 5.73. The van der Waals surface area contributed by atoms with Crippen molar-refractivity contribution in [1.29, 1.82) is 0 Å². The van der Waals surface area contributed by atoms with Crippen molar-refractivity contribution in [2.45, 2.75) is 31.6 Å². The van der Waals surface area contributed by atoms with E-state index in [-0.39, 0.29) is 5.91 Å². The quantitative estimate of drug-likeness (QED) is 0.806. The molecule has 1 amide bonds. The maximum Gasteiger partial charge on any atom is 0.236 e. The number of fused-ring (bicyclic) bond motifs is 1. The van der Waals surface area contributed by atoms with Crippen LogP contribution < -0.4 is 4.90 Å². The Hall–Kier alpha value is -2.22. The second kappa shape index (κ2) is 6.50. The highest BCUT2D eigenvalue weighted by Crippen LogP contribution is 2.38. The Morgan fingerprint density at radius 3 is 2.50 bits per heavy atom. The predicted octanol–water partition coefficient (Wildman–Crippen LogP) is 0.746. The van der Waals surface area contributed by atoms with Crippen molar-refractivity contribution < 1.29 is 4.79 Å². The minimum absolute atomic E-state index is 0.268. The number of carbonyl (C=O) groups excluding carboxylic acids is 1. The maximum absolute atomic E-state index is 12.5. The van der Waals surface area contributed by atoms with E-state index in [4.69, 9.17) is 5.10 Å². The van der Waals surface area contributed by atoms with Crippen LogP contribution in [0.4, 0.5) is 5.82 Å². The maximum atomic E-state index is 12.5. The summed E-state index contributed by atoms with van der Waals surface area (Å²) in [4.78, 5) is 19.0. The molecule has 2 aliphatic heterocycles. The SMILES string of the molecule is O=C(CN1CCCC1)N1CCN(c2ccc3nnc(C4CC4)n3n2)CC1. The Morgan fingerprint density at radius 2 is 1.77 bits per heavy atom. The van der Waals surface area contributed by atoms with E-state index in [1.54, 1.807) is 0 Å². The van der Waals surface area contributed by atoms with Crippen LogP contribution in [-0.4, -0.2) is 81.3 Å². The first-order valence-corrected chi connectivity index (χ1v) is 9.75. The monoisotopic (exact) mass is 355 g/mol. The van der Waals surface area contributed by atoms with Gasteiger partial charge in [-0.15, -0.1) is 15.3 Å². The molecule has 8 heteroatoms. The molecule has 8 nitrogen and oxygen atoms in total. The largest absolute Gasteiger partial charge is 0.352 e. The number of carbonyl (C=O) groups is 1. The van der Waals surface area contributed by atoms with Crippen molar-refractivity contribution in [1.82, 2.24) is 29.6 Å². The number of hydrogen-bond acceptors (Lipinski definition) is 6. The molecule has 4 heterocycles. The van der Waals surface area contributed by atoms with Crippen molar-refractivity contribution in [3.63, 3.8) is 0 Å². The van der Waals surface area contributed by atoms with E-state index < -0.39 is 0 Å². The molecular formula is C18H25N7O. The van der Waals surface area contributed by atoms with Crippen molar-refractivity contribution in [2.75, 3.05) is 50.7 Å². The number of piperazine rings is 1. The molecule has 138 valence electrons. The van der Waals surface area contributed by atoms with Crippen LogP contribution in [0.5, 0.6) is 0 Å². The molecule has 0 atom stereocenters. The fourth-order valence-electron chi connectivity index (χ4n) is 3.98. The predicted molar refractivity (Wildman–Crippen MR) is 97.2 cm³/mol. The van der Waals surface area contributed by atoms with Gasteiger partial charge in [0.15, 0.2) is 11.5 Å². The fraction of sp³-hybridized carbons (Fsp3) is 0.667. The Kier molecular flexibility index (Phi) is 4.00. The highest BCUT2D eigenvalue weighted by Gasteiger charge is 2.30. The van der Waals surface area contributed by atoms with Gasteiger partial charge in [0.05, 0.1) is 6.54 Å². The topological polar surface area (TPSA) is 69.9 Å². The van der Waals surface area contributed by atoms with Gasteiger partial charge in [0.2, 0.25) is 5.91 Å². The average molecular weight is 355 g/mol. The minimum Gasteiger partial charge on any atom is -0.352 e. The zero-order chi connectivity index (χ0) is 17.5. The molecule has 3 aliphatic rings. The number of nitrogens with zero attached hydrogens (tertiary/aromatic N) is 7. The number of anilines is 1. The summed E-state index contributed by atoms with van der Waals surface area (Å²) in [6.45, 7) is 5.90. The molecule has 1 aliphatic carbocycles. The van der Waals surface area contributed by atoms with Gasteiger partial charge in [0, 0.05) is 32.1 Å². The summed E-state index contributed by atoms with van der Waals surface area (Å²) < 4.78 is 1.90. The standard InChI is InChI=1S/C18H25N7O/c26-17(13-22-7-1-2-8-22)24-11-9-23(10-12-24)16-6-5-15-19-20-18(14-3-4-14)25(15)21-16/h5-6,14H,1-4,7-13H2. The molecule has 0 N–H and O–H groups in total. The van der Waals surface area contributed by atoms with Gasteiger partial charge in [0.1, 0.15) is 5.82 Å². The summed E-state index contributed by atoms with van der Waals surface area (Å²) in [5.41, 5.74) is 0.815. The summed E-state index contributed by atoms with van der Waals surface area (Å²) in [5, 5.41) is 13.3. The summed E-state index contributed by atoms with van der Waals surface area (Å²) >= 11 is 0. The van der Waals surface area contributed by atoms with Crippen LogP contribution in [-0.2, 0) is 4.79 Å². The highest BCUT2D eigenvalue weighted by atomic mass is 16.2. The molecule has 1 saturated carbocycles. The number of rotatable bonds is 4. The van der Waals surface area contributed by atoms with Crippen molar-refractivity contribution >= 4 is 17.4 Å². The summed E-state index contributed by atoms with van der Waals surface area (Å²) in [5.74, 6) is 2.73. The second-order valence-corrected chi connectivity index (χ2v) is 7.65. The van der Waals surface area contributed by atoms with Crippen LogP contribution >= 0.6 is 0 Å². The number of aromatic nitrogens is 4. The summed E-state index contributed by atoms with van der Waals surface area (Å²) in [6.07, 6.45) is 4.82. The molecular weight excluding hydrogens is 330 g/mol. The van der Waals surface area contributed by atoms with E-state index in [0.717, 1.165) is 56.6 Å². The molecule has 5 rings (SSSR count). The van der Waals surface area contributed by atoms with Crippen molar-refractivity contribution in [3.8, 4) is 0 Å². The van der Waals surface area contributed by atoms with Crippen LogP contribution in [0, 0.1) is 0 Å². The zero-order valence-electron chi connectivity index (χ0n) is 15.0. The highest BCUT2D eigenvalue weighted by molar-refractivity contribution is 5.78.